The predicted octanol–water partition coefficient (Wildman–Crippen LogP) is 4.56. The summed E-state index contributed by atoms with van der Waals surface area (Å²) in [6.45, 7) is 7.92. The summed E-state index contributed by atoms with van der Waals surface area (Å²) in [7, 11) is 0. The molecule has 0 saturated carbocycles. The standard InChI is InChI=1S/C18H20N2O3S/c1-11-7-13(3)18(14(4)8-11)24-10-17(21)19-16-9-15(20(22)23)6-5-12(16)2/h5-9H,10H2,1-4H3,(H,19,21). The molecule has 0 heterocycles. The molecule has 0 aliphatic heterocycles. The number of carbonyl (C=O) groups is 1. The Kier molecular flexibility index (Phi) is 5.62. The van der Waals surface area contributed by atoms with Gasteiger partial charge in [-0.2, -0.15) is 0 Å². The SMILES string of the molecule is Cc1cc(C)c(SCC(=O)Nc2cc([N+](=O)[O-])ccc2C)c(C)c1. The minimum atomic E-state index is -0.469. The lowest BCUT2D eigenvalue weighted by molar-refractivity contribution is -0.384. The molecule has 0 spiro atoms. The number of hydrogen-bond acceptors (Lipinski definition) is 4. The number of nitrogens with one attached hydrogen (secondary N) is 1. The normalized spacial score (nSPS) is 10.5. The number of amides is 1. The van der Waals surface area contributed by atoms with Gasteiger partial charge in [-0.3, -0.25) is 14.9 Å². The molecule has 2 aromatic carbocycles. The second-order valence-corrected chi connectivity index (χ2v) is 6.81. The van der Waals surface area contributed by atoms with Gasteiger partial charge in [0.1, 0.15) is 0 Å². The lowest BCUT2D eigenvalue weighted by Crippen LogP contribution is -2.15. The van der Waals surface area contributed by atoms with E-state index in [1.165, 1.54) is 29.5 Å². The highest BCUT2D eigenvalue weighted by Gasteiger charge is 2.12. The van der Waals surface area contributed by atoms with E-state index in [9.17, 15) is 14.9 Å². The molecule has 0 aliphatic carbocycles. The average Bonchev–Trinajstić information content (AvgIpc) is 2.48. The fourth-order valence-corrected chi connectivity index (χ4v) is 3.50. The van der Waals surface area contributed by atoms with Gasteiger partial charge in [-0.1, -0.05) is 23.8 Å². The van der Waals surface area contributed by atoms with Crippen molar-refractivity contribution in [3.8, 4) is 0 Å². The van der Waals surface area contributed by atoms with Crippen molar-refractivity contribution in [1.29, 1.82) is 0 Å². The van der Waals surface area contributed by atoms with Crippen LogP contribution in [0.5, 0.6) is 0 Å². The maximum Gasteiger partial charge on any atom is 0.271 e. The molecule has 0 aliphatic rings. The van der Waals surface area contributed by atoms with Crippen molar-refractivity contribution >= 4 is 29.0 Å². The van der Waals surface area contributed by atoms with Crippen molar-refractivity contribution in [1.82, 2.24) is 0 Å². The van der Waals surface area contributed by atoms with Gasteiger partial charge in [0.05, 0.1) is 16.4 Å². The van der Waals surface area contributed by atoms with Gasteiger partial charge in [-0.25, -0.2) is 0 Å². The molecule has 1 N–H and O–H groups in total. The van der Waals surface area contributed by atoms with E-state index in [-0.39, 0.29) is 17.3 Å². The van der Waals surface area contributed by atoms with Gasteiger partial charge < -0.3 is 5.32 Å². The summed E-state index contributed by atoms with van der Waals surface area (Å²) < 4.78 is 0. The number of thioether (sulfide) groups is 1. The number of hydrogen-bond donors (Lipinski definition) is 1. The Bertz CT molecular complexity index is 780. The molecule has 0 unspecified atom stereocenters. The highest BCUT2D eigenvalue weighted by molar-refractivity contribution is 8.00. The van der Waals surface area contributed by atoms with Gasteiger partial charge in [0.2, 0.25) is 5.91 Å². The predicted molar refractivity (Wildman–Crippen MR) is 97.8 cm³/mol. The van der Waals surface area contributed by atoms with E-state index in [0.29, 0.717) is 5.69 Å². The third-order valence-electron chi connectivity index (χ3n) is 3.66. The van der Waals surface area contributed by atoms with Crippen LogP contribution >= 0.6 is 11.8 Å². The van der Waals surface area contributed by atoms with E-state index in [1.54, 1.807) is 13.0 Å². The number of rotatable bonds is 5. The molecule has 24 heavy (non-hydrogen) atoms. The molecule has 0 saturated heterocycles. The maximum atomic E-state index is 12.2. The smallest absolute Gasteiger partial charge is 0.271 e. The Morgan fingerprint density at radius 3 is 2.29 bits per heavy atom. The molecule has 0 radical (unpaired) electrons. The van der Waals surface area contributed by atoms with E-state index in [0.717, 1.165) is 21.6 Å². The molecule has 6 heteroatoms. The minimum absolute atomic E-state index is 0.0335. The monoisotopic (exact) mass is 344 g/mol. The second-order valence-electron chi connectivity index (χ2n) is 5.82. The molecule has 0 atom stereocenters. The number of nitro groups is 1. The number of carbonyl (C=O) groups excluding carboxylic acids is 1. The third-order valence-corrected chi connectivity index (χ3v) is 5.00. The van der Waals surface area contributed by atoms with Crippen LogP contribution in [0.3, 0.4) is 0 Å². The zero-order valence-corrected chi connectivity index (χ0v) is 15.0. The summed E-state index contributed by atoms with van der Waals surface area (Å²) in [5.41, 5.74) is 4.74. The molecular formula is C18H20N2O3S. The summed E-state index contributed by atoms with van der Waals surface area (Å²) >= 11 is 1.48. The first kappa shape index (κ1) is 18.0. The molecule has 2 rings (SSSR count). The van der Waals surface area contributed by atoms with Crippen molar-refractivity contribution in [3.05, 3.63) is 62.7 Å². The summed E-state index contributed by atoms with van der Waals surface area (Å²) in [6, 6.07) is 8.64. The summed E-state index contributed by atoms with van der Waals surface area (Å²) in [5, 5.41) is 13.6. The number of anilines is 1. The number of aryl methyl sites for hydroxylation is 4. The number of benzene rings is 2. The lowest BCUT2D eigenvalue weighted by atomic mass is 10.1. The van der Waals surface area contributed by atoms with Gasteiger partial charge in [-0.15, -0.1) is 11.8 Å². The average molecular weight is 344 g/mol. The first-order chi connectivity index (χ1) is 11.3. The minimum Gasteiger partial charge on any atom is -0.325 e. The van der Waals surface area contributed by atoms with Crippen LogP contribution in [0.15, 0.2) is 35.2 Å². The zero-order chi connectivity index (χ0) is 17.9. The first-order valence-corrected chi connectivity index (χ1v) is 8.52. The molecule has 0 aromatic heterocycles. The molecule has 2 aromatic rings. The van der Waals surface area contributed by atoms with Crippen LogP contribution in [0.25, 0.3) is 0 Å². The number of nitro benzene ring substituents is 1. The fourth-order valence-electron chi connectivity index (χ4n) is 2.58. The third kappa shape index (κ3) is 4.35. The van der Waals surface area contributed by atoms with E-state index < -0.39 is 4.92 Å². The van der Waals surface area contributed by atoms with Gasteiger partial charge in [0.25, 0.3) is 5.69 Å². The Hall–Kier alpha value is -2.34. The second kappa shape index (κ2) is 7.49. The first-order valence-electron chi connectivity index (χ1n) is 7.53. The molecule has 0 fully saturated rings. The van der Waals surface area contributed by atoms with Gasteiger partial charge in [-0.05, 0) is 44.4 Å². The topological polar surface area (TPSA) is 72.2 Å². The van der Waals surface area contributed by atoms with Gasteiger partial charge in [0.15, 0.2) is 0 Å². The summed E-state index contributed by atoms with van der Waals surface area (Å²) in [4.78, 5) is 23.7. The molecular weight excluding hydrogens is 324 g/mol. The zero-order valence-electron chi connectivity index (χ0n) is 14.2. The van der Waals surface area contributed by atoms with Crippen LogP contribution in [-0.2, 0) is 4.79 Å². The Labute approximate surface area is 145 Å². The molecule has 5 nitrogen and oxygen atoms in total. The van der Waals surface area contributed by atoms with Crippen LogP contribution in [0.2, 0.25) is 0 Å². The van der Waals surface area contributed by atoms with Gasteiger partial charge >= 0.3 is 0 Å². The Balaban J connectivity index is 2.07. The van der Waals surface area contributed by atoms with Crippen LogP contribution in [0, 0.1) is 37.8 Å². The Morgan fingerprint density at radius 2 is 1.71 bits per heavy atom. The summed E-state index contributed by atoms with van der Waals surface area (Å²) in [6.07, 6.45) is 0. The Morgan fingerprint density at radius 1 is 1.08 bits per heavy atom. The van der Waals surface area contributed by atoms with Crippen LogP contribution in [-0.4, -0.2) is 16.6 Å². The van der Waals surface area contributed by atoms with Crippen molar-refractivity contribution in [2.24, 2.45) is 0 Å². The number of non-ortho nitro benzene ring substituents is 1. The van der Waals surface area contributed by atoms with Crippen molar-refractivity contribution in [2.45, 2.75) is 32.6 Å². The van der Waals surface area contributed by atoms with Crippen molar-refractivity contribution in [2.75, 3.05) is 11.1 Å². The largest absolute Gasteiger partial charge is 0.325 e. The summed E-state index contributed by atoms with van der Waals surface area (Å²) in [5.74, 6) is 0.0790. The lowest BCUT2D eigenvalue weighted by Gasteiger charge is -2.12. The maximum absolute atomic E-state index is 12.2. The van der Waals surface area contributed by atoms with E-state index in [2.05, 4.69) is 17.4 Å². The molecule has 1 amide bonds. The van der Waals surface area contributed by atoms with Crippen molar-refractivity contribution in [3.63, 3.8) is 0 Å². The molecule has 0 bridgehead atoms. The quantitative estimate of drug-likeness (QED) is 0.490. The van der Waals surface area contributed by atoms with E-state index in [4.69, 9.17) is 0 Å². The number of nitrogens with zero attached hydrogens (tertiary/aromatic N) is 1. The van der Waals surface area contributed by atoms with E-state index in [1.807, 2.05) is 20.8 Å². The fraction of sp³-hybridized carbons (Fsp3) is 0.278. The van der Waals surface area contributed by atoms with Crippen LogP contribution < -0.4 is 5.32 Å². The van der Waals surface area contributed by atoms with E-state index >= 15 is 0 Å². The van der Waals surface area contributed by atoms with Crippen LogP contribution in [0.4, 0.5) is 11.4 Å². The highest BCUT2D eigenvalue weighted by Crippen LogP contribution is 2.28. The molecule has 126 valence electrons. The van der Waals surface area contributed by atoms with Crippen molar-refractivity contribution < 1.29 is 9.72 Å². The van der Waals surface area contributed by atoms with Gasteiger partial charge in [0, 0.05) is 17.0 Å². The van der Waals surface area contributed by atoms with Crippen LogP contribution in [0.1, 0.15) is 22.3 Å². The highest BCUT2D eigenvalue weighted by atomic mass is 32.2.